The van der Waals surface area contributed by atoms with Crippen LogP contribution in [-0.2, 0) is 11.2 Å². The first-order chi connectivity index (χ1) is 12.6. The number of halogens is 1. The average molecular weight is 376 g/mol. The highest BCUT2D eigenvalue weighted by atomic mass is 35.5. The molecule has 0 unspecified atom stereocenters. The maximum absolute atomic E-state index is 12.1. The first-order valence-electron chi connectivity index (χ1n) is 8.92. The smallest absolute Gasteiger partial charge is 0.260 e. The summed E-state index contributed by atoms with van der Waals surface area (Å²) >= 11 is 5.84. The Kier molecular flexibility index (Phi) is 8.29. The van der Waals surface area contributed by atoms with Crippen LogP contribution < -0.4 is 9.47 Å². The first-order valence-corrected chi connectivity index (χ1v) is 9.30. The van der Waals surface area contributed by atoms with E-state index in [2.05, 4.69) is 6.92 Å². The van der Waals surface area contributed by atoms with Crippen LogP contribution in [0.5, 0.6) is 11.5 Å². The van der Waals surface area contributed by atoms with Crippen molar-refractivity contribution in [2.24, 2.45) is 0 Å². The largest absolute Gasteiger partial charge is 0.494 e. The Hall–Kier alpha value is -2.20. The normalized spacial score (nSPS) is 10.4. The van der Waals surface area contributed by atoms with Crippen molar-refractivity contribution in [1.82, 2.24) is 4.90 Å². The number of hydrogen-bond donors (Lipinski definition) is 0. The Labute approximate surface area is 160 Å². The van der Waals surface area contributed by atoms with Gasteiger partial charge in [0, 0.05) is 18.6 Å². The third-order valence-electron chi connectivity index (χ3n) is 4.09. The summed E-state index contributed by atoms with van der Waals surface area (Å²) in [5, 5.41) is 0.695. The van der Waals surface area contributed by atoms with Crippen molar-refractivity contribution in [2.75, 3.05) is 26.8 Å². The number of amides is 1. The van der Waals surface area contributed by atoms with Gasteiger partial charge in [-0.25, -0.2) is 0 Å². The van der Waals surface area contributed by atoms with Crippen LogP contribution in [-0.4, -0.2) is 37.6 Å². The Bertz CT molecular complexity index is 671. The molecule has 0 saturated carbocycles. The summed E-state index contributed by atoms with van der Waals surface area (Å²) in [6.07, 6.45) is 2.74. The Morgan fingerprint density at radius 3 is 2.23 bits per heavy atom. The molecule has 0 aliphatic rings. The third kappa shape index (κ3) is 6.96. The molecule has 0 fully saturated rings. The lowest BCUT2D eigenvalue weighted by Gasteiger charge is -2.17. The van der Waals surface area contributed by atoms with Gasteiger partial charge in [-0.05, 0) is 61.2 Å². The van der Waals surface area contributed by atoms with Gasteiger partial charge in [0.15, 0.2) is 6.61 Å². The van der Waals surface area contributed by atoms with Crippen LogP contribution in [0.25, 0.3) is 0 Å². The Morgan fingerprint density at radius 1 is 0.962 bits per heavy atom. The van der Waals surface area contributed by atoms with Crippen molar-refractivity contribution in [3.8, 4) is 11.5 Å². The van der Waals surface area contributed by atoms with Gasteiger partial charge < -0.3 is 14.4 Å². The van der Waals surface area contributed by atoms with Crippen molar-refractivity contribution in [1.29, 1.82) is 0 Å². The molecule has 2 aromatic carbocycles. The Balaban J connectivity index is 1.59. The molecular weight excluding hydrogens is 350 g/mol. The average Bonchev–Trinajstić information content (AvgIpc) is 2.67. The van der Waals surface area contributed by atoms with E-state index in [4.69, 9.17) is 21.1 Å². The standard InChI is InChI=1S/C21H26ClNO3/c1-3-17-6-10-20(11-7-17)26-16-21(24)23(2)14-4-5-15-25-19-12-8-18(22)9-13-19/h6-13H,3-5,14-16H2,1-2H3. The van der Waals surface area contributed by atoms with E-state index in [1.165, 1.54) is 5.56 Å². The van der Waals surface area contributed by atoms with Gasteiger partial charge in [0.25, 0.3) is 5.91 Å². The van der Waals surface area contributed by atoms with Gasteiger partial charge in [-0.2, -0.15) is 0 Å². The van der Waals surface area contributed by atoms with Gasteiger partial charge >= 0.3 is 0 Å². The van der Waals surface area contributed by atoms with Gasteiger partial charge in [0.05, 0.1) is 6.61 Å². The van der Waals surface area contributed by atoms with Gasteiger partial charge in [-0.15, -0.1) is 0 Å². The van der Waals surface area contributed by atoms with E-state index in [1.54, 1.807) is 24.1 Å². The highest BCUT2D eigenvalue weighted by Gasteiger charge is 2.09. The highest BCUT2D eigenvalue weighted by Crippen LogP contribution is 2.16. The molecule has 0 radical (unpaired) electrons. The highest BCUT2D eigenvalue weighted by molar-refractivity contribution is 6.30. The zero-order valence-corrected chi connectivity index (χ0v) is 16.2. The van der Waals surface area contributed by atoms with Gasteiger partial charge in [0.2, 0.25) is 0 Å². The molecule has 4 nitrogen and oxygen atoms in total. The van der Waals surface area contributed by atoms with Gasteiger partial charge in [-0.3, -0.25) is 4.79 Å². The second-order valence-electron chi connectivity index (χ2n) is 6.11. The van der Waals surface area contributed by atoms with Crippen LogP contribution in [0, 0.1) is 0 Å². The lowest BCUT2D eigenvalue weighted by Crippen LogP contribution is -2.32. The van der Waals surface area contributed by atoms with Crippen molar-refractivity contribution in [3.63, 3.8) is 0 Å². The summed E-state index contributed by atoms with van der Waals surface area (Å²) in [5.74, 6) is 1.50. The van der Waals surface area contributed by atoms with E-state index < -0.39 is 0 Å². The van der Waals surface area contributed by atoms with Crippen LogP contribution in [0.2, 0.25) is 5.02 Å². The zero-order valence-electron chi connectivity index (χ0n) is 15.4. The number of likely N-dealkylation sites (N-methyl/N-ethyl adjacent to an activating group) is 1. The number of hydrogen-bond acceptors (Lipinski definition) is 3. The number of aryl methyl sites for hydroxylation is 1. The second-order valence-corrected chi connectivity index (χ2v) is 6.55. The van der Waals surface area contributed by atoms with Crippen LogP contribution in [0.1, 0.15) is 25.3 Å². The molecule has 0 heterocycles. The quantitative estimate of drug-likeness (QED) is 0.570. The van der Waals surface area contributed by atoms with Gasteiger partial charge in [-0.1, -0.05) is 30.7 Å². The fourth-order valence-electron chi connectivity index (χ4n) is 2.37. The molecule has 0 aliphatic carbocycles. The van der Waals surface area contributed by atoms with Crippen LogP contribution >= 0.6 is 11.6 Å². The number of carbonyl (C=O) groups is 1. The number of rotatable bonds is 10. The van der Waals surface area contributed by atoms with Gasteiger partial charge in [0.1, 0.15) is 11.5 Å². The molecule has 0 aromatic heterocycles. The fraction of sp³-hybridized carbons (Fsp3) is 0.381. The summed E-state index contributed by atoms with van der Waals surface area (Å²) < 4.78 is 11.2. The third-order valence-corrected chi connectivity index (χ3v) is 4.34. The van der Waals surface area contributed by atoms with E-state index in [0.717, 1.165) is 30.8 Å². The number of ether oxygens (including phenoxy) is 2. The molecule has 5 heteroatoms. The Morgan fingerprint density at radius 2 is 1.58 bits per heavy atom. The molecule has 26 heavy (non-hydrogen) atoms. The van der Waals surface area contributed by atoms with E-state index in [-0.39, 0.29) is 12.5 Å². The first kappa shape index (κ1) is 20.1. The lowest BCUT2D eigenvalue weighted by molar-refractivity contribution is -0.132. The molecule has 2 aromatic rings. The molecule has 0 bridgehead atoms. The van der Waals surface area contributed by atoms with Crippen LogP contribution in [0.15, 0.2) is 48.5 Å². The summed E-state index contributed by atoms with van der Waals surface area (Å²) in [6, 6.07) is 15.2. The van der Waals surface area contributed by atoms with Crippen LogP contribution in [0.3, 0.4) is 0 Å². The summed E-state index contributed by atoms with van der Waals surface area (Å²) in [6.45, 7) is 3.46. The molecule has 1 amide bonds. The van der Waals surface area contributed by atoms with E-state index in [9.17, 15) is 4.79 Å². The molecule has 0 atom stereocenters. The number of nitrogens with zero attached hydrogens (tertiary/aromatic N) is 1. The van der Waals surface area contributed by atoms with E-state index in [1.807, 2.05) is 36.4 Å². The SMILES string of the molecule is CCc1ccc(OCC(=O)N(C)CCCCOc2ccc(Cl)cc2)cc1. The topological polar surface area (TPSA) is 38.8 Å². The molecule has 140 valence electrons. The number of unbranched alkanes of at least 4 members (excludes halogenated alkanes) is 1. The second kappa shape index (κ2) is 10.7. The maximum atomic E-state index is 12.1. The summed E-state index contributed by atoms with van der Waals surface area (Å²) in [5.41, 5.74) is 1.25. The molecule has 0 saturated heterocycles. The van der Waals surface area contributed by atoms with Crippen molar-refractivity contribution in [3.05, 3.63) is 59.1 Å². The summed E-state index contributed by atoms with van der Waals surface area (Å²) in [7, 11) is 1.80. The predicted molar refractivity (Wildman–Crippen MR) is 105 cm³/mol. The van der Waals surface area contributed by atoms with E-state index in [0.29, 0.717) is 18.2 Å². The molecule has 0 N–H and O–H groups in total. The van der Waals surface area contributed by atoms with Crippen molar-refractivity contribution >= 4 is 17.5 Å². The number of carbonyl (C=O) groups excluding carboxylic acids is 1. The van der Waals surface area contributed by atoms with Crippen LogP contribution in [0.4, 0.5) is 0 Å². The maximum Gasteiger partial charge on any atom is 0.260 e. The molecule has 0 spiro atoms. The van der Waals surface area contributed by atoms with Crippen molar-refractivity contribution < 1.29 is 14.3 Å². The minimum absolute atomic E-state index is 0.0248. The molecule has 2 rings (SSSR count). The number of benzene rings is 2. The fourth-order valence-corrected chi connectivity index (χ4v) is 2.50. The zero-order chi connectivity index (χ0) is 18.8. The minimum Gasteiger partial charge on any atom is -0.494 e. The van der Waals surface area contributed by atoms with Crippen molar-refractivity contribution in [2.45, 2.75) is 26.2 Å². The molecular formula is C21H26ClNO3. The monoisotopic (exact) mass is 375 g/mol. The lowest BCUT2D eigenvalue weighted by atomic mass is 10.2. The predicted octanol–water partition coefficient (Wildman–Crippen LogP) is 4.60. The summed E-state index contributed by atoms with van der Waals surface area (Å²) in [4.78, 5) is 13.8. The van der Waals surface area contributed by atoms with E-state index >= 15 is 0 Å². The molecule has 0 aliphatic heterocycles. The minimum atomic E-state index is -0.0248.